The van der Waals surface area contributed by atoms with Crippen molar-refractivity contribution in [1.29, 1.82) is 0 Å². The van der Waals surface area contributed by atoms with Crippen LogP contribution in [0.1, 0.15) is 29.5 Å². The Bertz CT molecular complexity index is 1260. The molecule has 0 radical (unpaired) electrons. The van der Waals surface area contributed by atoms with E-state index in [1.165, 1.54) is 16.0 Å². The Morgan fingerprint density at radius 2 is 1.72 bits per heavy atom. The molecule has 2 atom stereocenters. The quantitative estimate of drug-likeness (QED) is 0.430. The van der Waals surface area contributed by atoms with Gasteiger partial charge in [0.25, 0.3) is 0 Å². The topological polar surface area (TPSA) is 43.9 Å². The molecular weight excluding hydrogens is 362 g/mol. The smallest absolute Gasteiger partial charge is 0.344 e. The average Bonchev–Trinajstić information content (AvgIpc) is 2.75. The number of hydrogen-bond acceptors (Lipinski definition) is 3. The van der Waals surface area contributed by atoms with Crippen molar-refractivity contribution >= 4 is 21.7 Å². The molecule has 5 rings (SSSR count). The number of nitrogens with one attached hydrogen (secondary N) is 1. The van der Waals surface area contributed by atoms with Crippen LogP contribution in [0.2, 0.25) is 0 Å². The van der Waals surface area contributed by atoms with Crippen molar-refractivity contribution in [1.82, 2.24) is 0 Å². The van der Waals surface area contributed by atoms with Gasteiger partial charge < -0.3 is 9.15 Å². The molecule has 0 saturated carbocycles. The Labute approximate surface area is 169 Å². The second-order valence-corrected chi connectivity index (χ2v) is 8.03. The summed E-state index contributed by atoms with van der Waals surface area (Å²) in [4.78, 5) is 13.8. The molecule has 0 aliphatic carbocycles. The minimum absolute atomic E-state index is 0.295. The summed E-state index contributed by atoms with van der Waals surface area (Å²) in [5.41, 5.74) is 3.78. The van der Waals surface area contributed by atoms with Crippen molar-refractivity contribution in [3.63, 3.8) is 0 Å². The van der Waals surface area contributed by atoms with Crippen molar-refractivity contribution in [3.8, 4) is 5.75 Å². The number of benzene rings is 3. The van der Waals surface area contributed by atoms with Gasteiger partial charge in [-0.25, -0.2) is 4.79 Å². The van der Waals surface area contributed by atoms with E-state index in [4.69, 9.17) is 9.15 Å². The second kappa shape index (κ2) is 7.05. The lowest BCUT2D eigenvalue weighted by Crippen LogP contribution is -3.12. The first kappa shape index (κ1) is 18.0. The van der Waals surface area contributed by atoms with Crippen molar-refractivity contribution in [3.05, 3.63) is 87.8 Å². The highest BCUT2D eigenvalue weighted by atomic mass is 16.5. The molecule has 1 aliphatic heterocycles. The van der Waals surface area contributed by atoms with E-state index in [2.05, 4.69) is 43.3 Å². The normalized spacial score (nSPS) is 17.1. The zero-order valence-corrected chi connectivity index (χ0v) is 16.7. The SMILES string of the molecule is Cc1c2c(cc3c1oc(=O)c1ccccc13)C[NH+](C[C@H](C)c1ccccc1)CO2. The highest BCUT2D eigenvalue weighted by Gasteiger charge is 2.26. The molecule has 4 heteroatoms. The minimum atomic E-state index is -0.295. The van der Waals surface area contributed by atoms with E-state index < -0.39 is 0 Å². The second-order valence-electron chi connectivity index (χ2n) is 8.03. The van der Waals surface area contributed by atoms with Gasteiger partial charge in [0, 0.05) is 22.4 Å². The molecule has 1 aromatic heterocycles. The van der Waals surface area contributed by atoms with Gasteiger partial charge in [-0.3, -0.25) is 4.90 Å². The molecule has 1 unspecified atom stereocenters. The molecular formula is C25H24NO3+. The summed E-state index contributed by atoms with van der Waals surface area (Å²) in [5, 5.41) is 2.55. The minimum Gasteiger partial charge on any atom is -0.444 e. The van der Waals surface area contributed by atoms with Crippen LogP contribution in [-0.4, -0.2) is 13.3 Å². The molecule has 146 valence electrons. The highest BCUT2D eigenvalue weighted by Crippen LogP contribution is 2.34. The maximum atomic E-state index is 12.4. The fourth-order valence-electron chi connectivity index (χ4n) is 4.52. The predicted molar refractivity (Wildman–Crippen MR) is 115 cm³/mol. The van der Waals surface area contributed by atoms with E-state index in [1.54, 1.807) is 0 Å². The Balaban J connectivity index is 1.53. The summed E-state index contributed by atoms with van der Waals surface area (Å²) in [6, 6.07) is 20.4. The van der Waals surface area contributed by atoms with Gasteiger partial charge in [0.2, 0.25) is 6.73 Å². The van der Waals surface area contributed by atoms with Crippen LogP contribution in [0.5, 0.6) is 5.75 Å². The van der Waals surface area contributed by atoms with E-state index in [1.807, 2.05) is 31.2 Å². The van der Waals surface area contributed by atoms with Gasteiger partial charge in [0.05, 0.1) is 11.9 Å². The monoisotopic (exact) mass is 386 g/mol. The van der Waals surface area contributed by atoms with Gasteiger partial charge in [0.15, 0.2) is 0 Å². The van der Waals surface area contributed by atoms with Crippen molar-refractivity contribution in [2.24, 2.45) is 0 Å². The zero-order valence-electron chi connectivity index (χ0n) is 16.7. The molecule has 4 aromatic rings. The van der Waals surface area contributed by atoms with Gasteiger partial charge in [-0.1, -0.05) is 55.5 Å². The van der Waals surface area contributed by atoms with Crippen LogP contribution in [0.4, 0.5) is 0 Å². The average molecular weight is 386 g/mol. The maximum Gasteiger partial charge on any atom is 0.344 e. The van der Waals surface area contributed by atoms with Gasteiger partial charge in [0.1, 0.15) is 17.9 Å². The number of ether oxygens (including phenoxy) is 1. The number of quaternary nitrogens is 1. The lowest BCUT2D eigenvalue weighted by atomic mass is 9.98. The molecule has 4 nitrogen and oxygen atoms in total. The predicted octanol–water partition coefficient (Wildman–Crippen LogP) is 3.79. The molecule has 3 aromatic carbocycles. The Hall–Kier alpha value is -3.11. The van der Waals surface area contributed by atoms with Gasteiger partial charge >= 0.3 is 5.63 Å². The maximum absolute atomic E-state index is 12.4. The van der Waals surface area contributed by atoms with Crippen LogP contribution in [0.25, 0.3) is 21.7 Å². The van der Waals surface area contributed by atoms with Crippen LogP contribution in [0, 0.1) is 6.92 Å². The first-order valence-electron chi connectivity index (χ1n) is 10.1. The zero-order chi connectivity index (χ0) is 20.0. The summed E-state index contributed by atoms with van der Waals surface area (Å²) >= 11 is 0. The first-order valence-corrected chi connectivity index (χ1v) is 10.1. The van der Waals surface area contributed by atoms with Crippen molar-refractivity contribution in [2.45, 2.75) is 26.3 Å². The molecule has 0 saturated heterocycles. The number of hydrogen-bond donors (Lipinski definition) is 1. The van der Waals surface area contributed by atoms with Crippen LogP contribution in [-0.2, 0) is 6.54 Å². The molecule has 1 N–H and O–H groups in total. The van der Waals surface area contributed by atoms with Crippen molar-refractivity contribution in [2.75, 3.05) is 13.3 Å². The molecule has 0 spiro atoms. The standard InChI is InChI=1S/C25H23NO3/c1-16(18-8-4-3-5-9-18)13-26-14-19-12-22-20-10-6-7-11-21(20)25(27)29-24(22)17(2)23(19)28-15-26/h3-12,16H,13-15H2,1-2H3/p+1/t16-/m0/s1. The molecule has 1 aliphatic rings. The third-order valence-corrected chi connectivity index (χ3v) is 5.99. The van der Waals surface area contributed by atoms with E-state index in [9.17, 15) is 4.79 Å². The number of fused-ring (bicyclic) bond motifs is 4. The van der Waals surface area contributed by atoms with E-state index >= 15 is 0 Å². The summed E-state index contributed by atoms with van der Waals surface area (Å²) in [6.45, 7) is 6.78. The third-order valence-electron chi connectivity index (χ3n) is 5.99. The van der Waals surface area contributed by atoms with Crippen molar-refractivity contribution < 1.29 is 14.1 Å². The van der Waals surface area contributed by atoms with E-state index in [0.29, 0.717) is 23.6 Å². The summed E-state index contributed by atoms with van der Waals surface area (Å²) in [6.07, 6.45) is 0. The molecule has 0 amide bonds. The molecule has 0 bridgehead atoms. The number of rotatable bonds is 3. The van der Waals surface area contributed by atoms with E-state index in [0.717, 1.165) is 35.2 Å². The lowest BCUT2D eigenvalue weighted by molar-refractivity contribution is -0.933. The Morgan fingerprint density at radius 3 is 2.52 bits per heavy atom. The lowest BCUT2D eigenvalue weighted by Gasteiger charge is -2.29. The van der Waals surface area contributed by atoms with Crippen LogP contribution in [0.3, 0.4) is 0 Å². The summed E-state index contributed by atoms with van der Waals surface area (Å²) in [5.74, 6) is 1.32. The first-order chi connectivity index (χ1) is 14.1. The molecule has 29 heavy (non-hydrogen) atoms. The Morgan fingerprint density at radius 1 is 1.00 bits per heavy atom. The van der Waals surface area contributed by atoms with Crippen LogP contribution >= 0.6 is 0 Å². The van der Waals surface area contributed by atoms with Crippen LogP contribution in [0.15, 0.2) is 69.9 Å². The number of aryl methyl sites for hydroxylation is 1. The highest BCUT2D eigenvalue weighted by molar-refractivity contribution is 6.06. The molecule has 2 heterocycles. The Kier molecular flexibility index (Phi) is 4.36. The van der Waals surface area contributed by atoms with Gasteiger partial charge in [-0.05, 0) is 30.0 Å². The van der Waals surface area contributed by atoms with Gasteiger partial charge in [-0.15, -0.1) is 0 Å². The van der Waals surface area contributed by atoms with Crippen LogP contribution < -0.4 is 15.3 Å². The summed E-state index contributed by atoms with van der Waals surface area (Å²) < 4.78 is 11.8. The largest absolute Gasteiger partial charge is 0.444 e. The fourth-order valence-corrected chi connectivity index (χ4v) is 4.52. The van der Waals surface area contributed by atoms with Gasteiger partial charge in [-0.2, -0.15) is 0 Å². The third kappa shape index (κ3) is 3.10. The fraction of sp³-hybridized carbons (Fsp3) is 0.240. The van der Waals surface area contributed by atoms with E-state index in [-0.39, 0.29) is 5.63 Å². The summed E-state index contributed by atoms with van der Waals surface area (Å²) in [7, 11) is 0. The molecule has 0 fully saturated rings.